The van der Waals surface area contributed by atoms with E-state index in [1.165, 1.54) is 19.1 Å². The zero-order chi connectivity index (χ0) is 17.7. The maximum absolute atomic E-state index is 13.6. The Morgan fingerprint density at radius 1 is 1.04 bits per heavy atom. The number of amides is 2. The molecule has 0 heterocycles. The lowest BCUT2D eigenvalue weighted by Crippen LogP contribution is -2.33. The van der Waals surface area contributed by atoms with Crippen molar-refractivity contribution in [2.45, 2.75) is 27.2 Å². The smallest absolute Gasteiger partial charge is 0.226 e. The van der Waals surface area contributed by atoms with Crippen LogP contribution in [-0.4, -0.2) is 18.4 Å². The van der Waals surface area contributed by atoms with Crippen LogP contribution in [0.15, 0.2) is 42.5 Å². The second-order valence-corrected chi connectivity index (χ2v) is 5.69. The molecule has 0 saturated carbocycles. The van der Waals surface area contributed by atoms with Crippen molar-refractivity contribution >= 4 is 23.2 Å². The first kappa shape index (κ1) is 17.7. The Balaban J connectivity index is 2.08. The van der Waals surface area contributed by atoms with Crippen molar-refractivity contribution in [2.75, 3.05) is 16.8 Å². The first-order valence-electron chi connectivity index (χ1n) is 7.79. The minimum atomic E-state index is -0.482. The number of carbonyl (C=O) groups is 2. The molecule has 0 saturated heterocycles. The Hall–Kier alpha value is -2.69. The number of halogens is 1. The summed E-state index contributed by atoms with van der Waals surface area (Å²) in [4.78, 5) is 25.7. The number of benzene rings is 2. The van der Waals surface area contributed by atoms with Crippen LogP contribution in [0.4, 0.5) is 15.8 Å². The number of nitrogens with one attached hydrogen (secondary N) is 1. The Labute approximate surface area is 141 Å². The Morgan fingerprint density at radius 3 is 2.25 bits per heavy atom. The highest BCUT2D eigenvalue weighted by Crippen LogP contribution is 2.25. The van der Waals surface area contributed by atoms with Gasteiger partial charge in [0, 0.05) is 25.6 Å². The van der Waals surface area contributed by atoms with Gasteiger partial charge in [-0.1, -0.05) is 30.3 Å². The fourth-order valence-electron chi connectivity index (χ4n) is 2.65. The molecule has 4 nitrogen and oxygen atoms in total. The number of carbonyl (C=O) groups excluding carboxylic acids is 2. The van der Waals surface area contributed by atoms with Crippen LogP contribution in [0.25, 0.3) is 0 Å². The lowest BCUT2D eigenvalue weighted by atomic mass is 10.1. The summed E-state index contributed by atoms with van der Waals surface area (Å²) >= 11 is 0. The first-order valence-corrected chi connectivity index (χ1v) is 7.79. The zero-order valence-electron chi connectivity index (χ0n) is 14.1. The third-order valence-electron chi connectivity index (χ3n) is 3.80. The molecule has 126 valence electrons. The third-order valence-corrected chi connectivity index (χ3v) is 3.80. The molecular formula is C19H21FN2O2. The van der Waals surface area contributed by atoms with Gasteiger partial charge < -0.3 is 10.2 Å². The number of hydrogen-bond donors (Lipinski definition) is 1. The maximum Gasteiger partial charge on any atom is 0.226 e. The van der Waals surface area contributed by atoms with Crippen LogP contribution in [0.5, 0.6) is 0 Å². The number of aryl methyl sites for hydroxylation is 2. The van der Waals surface area contributed by atoms with Gasteiger partial charge in [-0.25, -0.2) is 4.39 Å². The van der Waals surface area contributed by atoms with Crippen LogP contribution in [0.3, 0.4) is 0 Å². The molecule has 0 aromatic heterocycles. The molecule has 0 aliphatic carbocycles. The van der Waals surface area contributed by atoms with Gasteiger partial charge in [-0.3, -0.25) is 9.59 Å². The van der Waals surface area contributed by atoms with Gasteiger partial charge in [0.05, 0.1) is 5.69 Å². The number of rotatable bonds is 5. The van der Waals surface area contributed by atoms with Gasteiger partial charge in [0.1, 0.15) is 5.82 Å². The second-order valence-electron chi connectivity index (χ2n) is 5.69. The summed E-state index contributed by atoms with van der Waals surface area (Å²) in [5, 5.41) is 2.53. The molecule has 0 aliphatic rings. The lowest BCUT2D eigenvalue weighted by Gasteiger charge is -2.25. The van der Waals surface area contributed by atoms with Crippen molar-refractivity contribution in [3.8, 4) is 0 Å². The monoisotopic (exact) mass is 328 g/mol. The lowest BCUT2D eigenvalue weighted by molar-refractivity contribution is -0.117. The molecule has 0 bridgehead atoms. The van der Waals surface area contributed by atoms with Gasteiger partial charge >= 0.3 is 0 Å². The standard InChI is InChI=1S/C19H21FN2O2/c1-13-7-6-8-14(2)19(13)22(15(3)23)12-11-18(24)21-17-10-5-4-9-16(17)20/h4-10H,11-12H2,1-3H3,(H,21,24). The quantitative estimate of drug-likeness (QED) is 0.907. The van der Waals surface area contributed by atoms with Crippen LogP contribution in [0.2, 0.25) is 0 Å². The number of anilines is 2. The van der Waals surface area contributed by atoms with Gasteiger partial charge in [-0.05, 0) is 37.1 Å². The van der Waals surface area contributed by atoms with Crippen molar-refractivity contribution in [1.29, 1.82) is 0 Å². The van der Waals surface area contributed by atoms with Gasteiger partial charge in [0.15, 0.2) is 0 Å². The van der Waals surface area contributed by atoms with E-state index in [0.717, 1.165) is 16.8 Å². The summed E-state index contributed by atoms with van der Waals surface area (Å²) in [5.74, 6) is -0.951. The van der Waals surface area contributed by atoms with Crippen molar-refractivity contribution in [3.63, 3.8) is 0 Å². The number of nitrogens with zero attached hydrogens (tertiary/aromatic N) is 1. The molecular weight excluding hydrogens is 307 g/mol. The largest absolute Gasteiger partial charge is 0.324 e. The van der Waals surface area contributed by atoms with E-state index < -0.39 is 5.82 Å². The van der Waals surface area contributed by atoms with Crippen LogP contribution >= 0.6 is 0 Å². The Bertz CT molecular complexity index is 739. The first-order chi connectivity index (χ1) is 11.4. The van der Waals surface area contributed by atoms with E-state index in [9.17, 15) is 14.0 Å². The second kappa shape index (κ2) is 7.73. The van der Waals surface area contributed by atoms with Crippen molar-refractivity contribution in [3.05, 3.63) is 59.4 Å². The zero-order valence-corrected chi connectivity index (χ0v) is 14.1. The molecule has 0 fully saturated rings. The molecule has 2 aromatic carbocycles. The van der Waals surface area contributed by atoms with E-state index in [-0.39, 0.29) is 30.5 Å². The fraction of sp³-hybridized carbons (Fsp3) is 0.263. The molecule has 24 heavy (non-hydrogen) atoms. The van der Waals surface area contributed by atoms with E-state index in [4.69, 9.17) is 0 Å². The van der Waals surface area contributed by atoms with E-state index in [1.54, 1.807) is 17.0 Å². The SMILES string of the molecule is CC(=O)N(CCC(=O)Nc1ccccc1F)c1c(C)cccc1C. The molecule has 2 amide bonds. The summed E-state index contributed by atoms with van der Waals surface area (Å²) < 4.78 is 13.6. The Morgan fingerprint density at radius 2 is 1.67 bits per heavy atom. The van der Waals surface area contributed by atoms with Crippen LogP contribution in [0, 0.1) is 19.7 Å². The summed E-state index contributed by atoms with van der Waals surface area (Å²) in [5.41, 5.74) is 2.91. The molecule has 0 aliphatic heterocycles. The predicted octanol–water partition coefficient (Wildman–Crippen LogP) is 3.82. The summed E-state index contributed by atoms with van der Waals surface area (Å²) in [7, 11) is 0. The van der Waals surface area contributed by atoms with E-state index in [0.29, 0.717) is 0 Å². The normalized spacial score (nSPS) is 10.3. The van der Waals surface area contributed by atoms with E-state index in [2.05, 4.69) is 5.32 Å². The van der Waals surface area contributed by atoms with Gasteiger partial charge in [-0.15, -0.1) is 0 Å². The minimum Gasteiger partial charge on any atom is -0.324 e. The number of hydrogen-bond acceptors (Lipinski definition) is 2. The maximum atomic E-state index is 13.6. The van der Waals surface area contributed by atoms with Gasteiger partial charge in [0.25, 0.3) is 0 Å². The van der Waals surface area contributed by atoms with Gasteiger partial charge in [0.2, 0.25) is 11.8 Å². The molecule has 2 rings (SSSR count). The molecule has 1 N–H and O–H groups in total. The summed E-state index contributed by atoms with van der Waals surface area (Å²) in [6, 6.07) is 11.8. The molecule has 5 heteroatoms. The molecule has 0 unspecified atom stereocenters. The third kappa shape index (κ3) is 4.19. The Kier molecular flexibility index (Phi) is 5.68. The topological polar surface area (TPSA) is 49.4 Å². The van der Waals surface area contributed by atoms with Crippen LogP contribution in [0.1, 0.15) is 24.5 Å². The average molecular weight is 328 g/mol. The highest BCUT2D eigenvalue weighted by Gasteiger charge is 2.17. The molecule has 2 aromatic rings. The highest BCUT2D eigenvalue weighted by atomic mass is 19.1. The summed E-state index contributed by atoms with van der Waals surface area (Å²) in [6.45, 7) is 5.57. The minimum absolute atomic E-state index is 0.0850. The van der Waals surface area contributed by atoms with Crippen LogP contribution in [-0.2, 0) is 9.59 Å². The highest BCUT2D eigenvalue weighted by molar-refractivity contribution is 5.95. The molecule has 0 atom stereocenters. The van der Waals surface area contributed by atoms with Crippen LogP contribution < -0.4 is 10.2 Å². The van der Waals surface area contributed by atoms with E-state index >= 15 is 0 Å². The van der Waals surface area contributed by atoms with Gasteiger partial charge in [-0.2, -0.15) is 0 Å². The van der Waals surface area contributed by atoms with Crippen molar-refractivity contribution in [1.82, 2.24) is 0 Å². The molecule has 0 spiro atoms. The number of para-hydroxylation sites is 2. The average Bonchev–Trinajstić information content (AvgIpc) is 2.52. The predicted molar refractivity (Wildman–Crippen MR) is 93.6 cm³/mol. The summed E-state index contributed by atoms with van der Waals surface area (Å²) in [6.07, 6.45) is 0.0850. The molecule has 0 radical (unpaired) electrons. The fourth-order valence-corrected chi connectivity index (χ4v) is 2.65. The van der Waals surface area contributed by atoms with E-state index in [1.807, 2.05) is 32.0 Å². The van der Waals surface area contributed by atoms with Crippen molar-refractivity contribution in [2.24, 2.45) is 0 Å². The van der Waals surface area contributed by atoms with Crippen molar-refractivity contribution < 1.29 is 14.0 Å².